The second-order valence-corrected chi connectivity index (χ2v) is 8.72. The van der Waals surface area contributed by atoms with E-state index in [1.54, 1.807) is 20.3 Å². The van der Waals surface area contributed by atoms with Crippen LogP contribution in [0.25, 0.3) is 21.5 Å². The van der Waals surface area contributed by atoms with Crippen molar-refractivity contribution < 1.29 is 28.9 Å². The molecule has 0 aliphatic carbocycles. The fraction of sp³-hybridized carbons (Fsp3) is 0.290. The van der Waals surface area contributed by atoms with Gasteiger partial charge in [-0.25, -0.2) is 9.59 Å². The number of fused-ring (bicyclic) bond motifs is 2. The van der Waals surface area contributed by atoms with Crippen LogP contribution in [0.4, 0.5) is 0 Å². The lowest BCUT2D eigenvalue weighted by Crippen LogP contribution is -2.04. The highest BCUT2D eigenvalue weighted by atomic mass is 16.5. The third-order valence-corrected chi connectivity index (χ3v) is 6.11. The van der Waals surface area contributed by atoms with Crippen molar-refractivity contribution in [2.24, 2.45) is 0 Å². The summed E-state index contributed by atoms with van der Waals surface area (Å²) in [4.78, 5) is 23.1. The van der Waals surface area contributed by atoms with Crippen molar-refractivity contribution in [2.45, 2.75) is 25.7 Å². The molecule has 0 atom stereocenters. The van der Waals surface area contributed by atoms with E-state index in [1.807, 2.05) is 54.6 Å². The van der Waals surface area contributed by atoms with Crippen LogP contribution >= 0.6 is 0 Å². The lowest BCUT2D eigenvalue weighted by Gasteiger charge is -2.09. The lowest BCUT2D eigenvalue weighted by molar-refractivity contribution is 0.0602. The number of carbonyl (C=O) groups excluding carboxylic acids is 1. The van der Waals surface area contributed by atoms with Crippen molar-refractivity contribution in [3.63, 3.8) is 0 Å². The summed E-state index contributed by atoms with van der Waals surface area (Å²) in [6.07, 6.45) is 3.56. The number of carboxylic acid groups (broad SMARTS) is 1. The van der Waals surface area contributed by atoms with Crippen molar-refractivity contribution in [3.8, 4) is 0 Å². The molecule has 0 aromatic heterocycles. The topological polar surface area (TPSA) is 82.1 Å². The van der Waals surface area contributed by atoms with Crippen LogP contribution in [0.15, 0.2) is 72.8 Å². The van der Waals surface area contributed by atoms with E-state index in [2.05, 4.69) is 12.1 Å². The summed E-state index contributed by atoms with van der Waals surface area (Å²) in [5.41, 5.74) is 3.19. The van der Waals surface area contributed by atoms with E-state index >= 15 is 0 Å². The number of ether oxygens (including phenoxy) is 3. The summed E-state index contributed by atoms with van der Waals surface area (Å²) in [6, 6.07) is 23.3. The first-order chi connectivity index (χ1) is 18.0. The quantitative estimate of drug-likeness (QED) is 0.202. The van der Waals surface area contributed by atoms with Gasteiger partial charge in [-0.05, 0) is 70.5 Å². The van der Waals surface area contributed by atoms with Crippen LogP contribution in [0, 0.1) is 0 Å². The Morgan fingerprint density at radius 3 is 1.59 bits per heavy atom. The molecule has 4 aromatic rings. The first kappa shape index (κ1) is 27.8. The van der Waals surface area contributed by atoms with E-state index in [-0.39, 0.29) is 5.97 Å². The number of aromatic carboxylic acids is 1. The highest BCUT2D eigenvalue weighted by Gasteiger charge is 2.12. The molecule has 0 amide bonds. The van der Waals surface area contributed by atoms with Gasteiger partial charge < -0.3 is 19.3 Å². The molecule has 37 heavy (non-hydrogen) atoms. The Balaban J connectivity index is 0.000000206. The van der Waals surface area contributed by atoms with Gasteiger partial charge in [0.25, 0.3) is 0 Å². The standard InChI is InChI=1S/C16H18O3.C15H16O3/c1-18-9-5-6-12-10-13-7-3-4-8-14(13)15(11-12)16(17)19-2;1-18-8-4-5-11-9-12-6-2-3-7-13(12)14(10-11)15(16)17/h3-4,7-8,10-11H,5-6,9H2,1-2H3;2-3,6-7,9-10H,4-5,8H2,1H3,(H,16,17). The SMILES string of the molecule is COCCCc1cc(C(=O)O)c2ccccc2c1.COCCCc1cc(C(=O)OC)c2ccccc2c1. The summed E-state index contributed by atoms with van der Waals surface area (Å²) in [7, 11) is 4.78. The minimum atomic E-state index is -0.875. The van der Waals surface area contributed by atoms with Gasteiger partial charge in [-0.15, -0.1) is 0 Å². The van der Waals surface area contributed by atoms with Crippen LogP contribution in [0.1, 0.15) is 44.7 Å². The van der Waals surface area contributed by atoms with Gasteiger partial charge in [0.05, 0.1) is 18.2 Å². The van der Waals surface area contributed by atoms with Gasteiger partial charge in [0.2, 0.25) is 0 Å². The smallest absolute Gasteiger partial charge is 0.338 e. The molecule has 0 bridgehead atoms. The van der Waals surface area contributed by atoms with Gasteiger partial charge in [-0.2, -0.15) is 0 Å². The lowest BCUT2D eigenvalue weighted by atomic mass is 9.98. The Labute approximate surface area is 217 Å². The minimum Gasteiger partial charge on any atom is -0.478 e. The molecule has 4 aromatic carbocycles. The molecular formula is C31H34O6. The van der Waals surface area contributed by atoms with Gasteiger partial charge in [0, 0.05) is 27.4 Å². The molecule has 0 aliphatic rings. The summed E-state index contributed by atoms with van der Waals surface area (Å²) < 4.78 is 14.9. The maximum absolute atomic E-state index is 11.9. The molecule has 6 heteroatoms. The van der Waals surface area contributed by atoms with Gasteiger partial charge >= 0.3 is 11.9 Å². The zero-order chi connectivity index (χ0) is 26.6. The van der Waals surface area contributed by atoms with E-state index < -0.39 is 5.97 Å². The number of carbonyl (C=O) groups is 2. The van der Waals surface area contributed by atoms with Crippen molar-refractivity contribution >= 4 is 33.5 Å². The average molecular weight is 503 g/mol. The Morgan fingerprint density at radius 1 is 0.676 bits per heavy atom. The van der Waals surface area contributed by atoms with Crippen molar-refractivity contribution in [2.75, 3.05) is 34.5 Å². The van der Waals surface area contributed by atoms with Crippen LogP contribution in [-0.2, 0) is 27.1 Å². The Hall–Kier alpha value is -3.74. The Kier molecular flexibility index (Phi) is 10.6. The van der Waals surface area contributed by atoms with Gasteiger partial charge in [-0.1, -0.05) is 60.7 Å². The average Bonchev–Trinajstić information content (AvgIpc) is 2.92. The molecule has 1 N–H and O–H groups in total. The van der Waals surface area contributed by atoms with Gasteiger partial charge in [0.1, 0.15) is 0 Å². The normalized spacial score (nSPS) is 10.7. The summed E-state index contributed by atoms with van der Waals surface area (Å²) in [5, 5.41) is 13.0. The number of aryl methyl sites for hydroxylation is 2. The molecule has 194 valence electrons. The van der Waals surface area contributed by atoms with E-state index in [0.717, 1.165) is 65.0 Å². The fourth-order valence-corrected chi connectivity index (χ4v) is 4.33. The van der Waals surface area contributed by atoms with Crippen LogP contribution in [0.5, 0.6) is 0 Å². The summed E-state index contributed by atoms with van der Waals surface area (Å²) >= 11 is 0. The fourth-order valence-electron chi connectivity index (χ4n) is 4.33. The van der Waals surface area contributed by atoms with Crippen LogP contribution in [0.2, 0.25) is 0 Å². The van der Waals surface area contributed by atoms with Crippen molar-refractivity contribution in [1.82, 2.24) is 0 Å². The number of benzene rings is 4. The maximum Gasteiger partial charge on any atom is 0.338 e. The maximum atomic E-state index is 11.9. The summed E-state index contributed by atoms with van der Waals surface area (Å²) in [6.45, 7) is 1.41. The van der Waals surface area contributed by atoms with Crippen molar-refractivity contribution in [3.05, 3.63) is 95.1 Å². The Morgan fingerprint density at radius 2 is 1.14 bits per heavy atom. The molecule has 0 saturated heterocycles. The second-order valence-electron chi connectivity index (χ2n) is 8.72. The molecule has 0 unspecified atom stereocenters. The molecule has 0 radical (unpaired) electrons. The van der Waals surface area contributed by atoms with E-state index in [1.165, 1.54) is 7.11 Å². The van der Waals surface area contributed by atoms with Crippen LogP contribution in [0.3, 0.4) is 0 Å². The van der Waals surface area contributed by atoms with Crippen molar-refractivity contribution in [1.29, 1.82) is 0 Å². The minimum absolute atomic E-state index is 0.287. The molecule has 4 rings (SSSR count). The number of methoxy groups -OCH3 is 3. The Bertz CT molecular complexity index is 1340. The molecule has 0 aliphatic heterocycles. The largest absolute Gasteiger partial charge is 0.478 e. The van der Waals surface area contributed by atoms with Crippen LogP contribution < -0.4 is 0 Å². The first-order valence-electron chi connectivity index (χ1n) is 12.3. The molecular weight excluding hydrogens is 468 g/mol. The number of carboxylic acids is 1. The predicted molar refractivity (Wildman–Crippen MR) is 147 cm³/mol. The third kappa shape index (κ3) is 7.62. The van der Waals surface area contributed by atoms with Gasteiger partial charge in [-0.3, -0.25) is 0 Å². The second kappa shape index (κ2) is 14.1. The zero-order valence-electron chi connectivity index (χ0n) is 21.7. The zero-order valence-corrected chi connectivity index (χ0v) is 21.7. The van der Waals surface area contributed by atoms with Crippen LogP contribution in [-0.4, -0.2) is 51.6 Å². The third-order valence-electron chi connectivity index (χ3n) is 6.11. The highest BCUT2D eigenvalue weighted by molar-refractivity contribution is 6.05. The molecule has 0 heterocycles. The predicted octanol–water partition coefficient (Wildman–Crippen LogP) is 6.32. The van der Waals surface area contributed by atoms with E-state index in [0.29, 0.717) is 17.7 Å². The molecule has 0 fully saturated rings. The first-order valence-corrected chi connectivity index (χ1v) is 12.3. The number of hydrogen-bond donors (Lipinski definition) is 1. The number of esters is 1. The number of hydrogen-bond acceptors (Lipinski definition) is 5. The highest BCUT2D eigenvalue weighted by Crippen LogP contribution is 2.23. The monoisotopic (exact) mass is 502 g/mol. The number of rotatable bonds is 10. The summed E-state index contributed by atoms with van der Waals surface area (Å²) in [5.74, 6) is -1.16. The van der Waals surface area contributed by atoms with E-state index in [4.69, 9.17) is 14.2 Å². The molecule has 6 nitrogen and oxygen atoms in total. The molecule has 0 saturated carbocycles. The molecule has 0 spiro atoms. The van der Waals surface area contributed by atoms with E-state index in [9.17, 15) is 14.7 Å². The van der Waals surface area contributed by atoms with Gasteiger partial charge in [0.15, 0.2) is 0 Å².